The molecule has 1 aromatic rings. The second kappa shape index (κ2) is 5.82. The van der Waals surface area contributed by atoms with Crippen LogP contribution >= 0.6 is 0 Å². The van der Waals surface area contributed by atoms with Crippen molar-refractivity contribution in [2.75, 3.05) is 13.2 Å². The van der Waals surface area contributed by atoms with Crippen LogP contribution in [0, 0.1) is 11.2 Å². The summed E-state index contributed by atoms with van der Waals surface area (Å²) in [6.45, 7) is 10.3. The van der Waals surface area contributed by atoms with Crippen LogP contribution in [-0.2, 0) is 11.2 Å². The Balaban J connectivity index is 2.15. The SMILES string of the molecule is CC1OCCC1(CNC(C)(C)C)Cc1cccc(F)c1. The van der Waals surface area contributed by atoms with E-state index in [1.165, 1.54) is 6.07 Å². The molecular formula is C17H26FNO. The maximum atomic E-state index is 13.4. The molecule has 2 unspecified atom stereocenters. The lowest BCUT2D eigenvalue weighted by Gasteiger charge is -2.36. The van der Waals surface area contributed by atoms with Gasteiger partial charge in [-0.15, -0.1) is 0 Å². The molecule has 0 bridgehead atoms. The summed E-state index contributed by atoms with van der Waals surface area (Å²) in [6, 6.07) is 6.94. The van der Waals surface area contributed by atoms with E-state index in [1.54, 1.807) is 12.1 Å². The van der Waals surface area contributed by atoms with Gasteiger partial charge in [0.15, 0.2) is 0 Å². The Kier molecular flexibility index (Phi) is 4.50. The van der Waals surface area contributed by atoms with E-state index in [-0.39, 0.29) is 22.9 Å². The third kappa shape index (κ3) is 3.80. The summed E-state index contributed by atoms with van der Waals surface area (Å²) in [5, 5.41) is 3.60. The summed E-state index contributed by atoms with van der Waals surface area (Å²) < 4.78 is 19.2. The highest BCUT2D eigenvalue weighted by Gasteiger charge is 2.41. The molecule has 0 radical (unpaired) electrons. The van der Waals surface area contributed by atoms with Crippen molar-refractivity contribution in [2.24, 2.45) is 5.41 Å². The van der Waals surface area contributed by atoms with Gasteiger partial charge in [0.05, 0.1) is 6.10 Å². The number of ether oxygens (including phenoxy) is 1. The largest absolute Gasteiger partial charge is 0.378 e. The molecule has 20 heavy (non-hydrogen) atoms. The lowest BCUT2D eigenvalue weighted by Crippen LogP contribution is -2.47. The van der Waals surface area contributed by atoms with Gasteiger partial charge in [-0.25, -0.2) is 4.39 Å². The van der Waals surface area contributed by atoms with Crippen molar-refractivity contribution in [3.8, 4) is 0 Å². The van der Waals surface area contributed by atoms with E-state index in [0.717, 1.165) is 31.6 Å². The second-order valence-corrected chi connectivity index (χ2v) is 7.04. The summed E-state index contributed by atoms with van der Waals surface area (Å²) in [4.78, 5) is 0. The maximum absolute atomic E-state index is 13.4. The number of halogens is 1. The predicted octanol–water partition coefficient (Wildman–Crippen LogP) is 3.55. The lowest BCUT2D eigenvalue weighted by molar-refractivity contribution is 0.0597. The molecule has 0 aromatic heterocycles. The Bertz CT molecular complexity index is 455. The molecule has 112 valence electrons. The van der Waals surface area contributed by atoms with Crippen LogP contribution in [0.1, 0.15) is 39.7 Å². The predicted molar refractivity (Wildman–Crippen MR) is 80.3 cm³/mol. The number of nitrogens with one attached hydrogen (secondary N) is 1. The lowest BCUT2D eigenvalue weighted by atomic mass is 9.75. The molecule has 2 rings (SSSR count). The monoisotopic (exact) mass is 279 g/mol. The van der Waals surface area contributed by atoms with E-state index in [0.29, 0.717) is 0 Å². The van der Waals surface area contributed by atoms with Crippen molar-refractivity contribution in [1.82, 2.24) is 5.32 Å². The molecule has 1 heterocycles. The first-order valence-electron chi connectivity index (χ1n) is 7.42. The number of benzene rings is 1. The van der Waals surface area contributed by atoms with Gasteiger partial charge in [0.25, 0.3) is 0 Å². The minimum Gasteiger partial charge on any atom is -0.378 e. The van der Waals surface area contributed by atoms with Gasteiger partial charge in [-0.05, 0) is 58.2 Å². The zero-order chi connectivity index (χ0) is 14.8. The molecule has 1 aliphatic rings. The average molecular weight is 279 g/mol. The third-order valence-electron chi connectivity index (χ3n) is 4.25. The summed E-state index contributed by atoms with van der Waals surface area (Å²) in [7, 11) is 0. The zero-order valence-corrected chi connectivity index (χ0v) is 13.0. The highest BCUT2D eigenvalue weighted by molar-refractivity contribution is 5.19. The Morgan fingerprint density at radius 1 is 1.40 bits per heavy atom. The summed E-state index contributed by atoms with van der Waals surface area (Å²) >= 11 is 0. The molecule has 0 spiro atoms. The van der Waals surface area contributed by atoms with E-state index in [1.807, 2.05) is 6.07 Å². The van der Waals surface area contributed by atoms with E-state index in [4.69, 9.17) is 4.74 Å². The first kappa shape index (κ1) is 15.5. The topological polar surface area (TPSA) is 21.3 Å². The van der Waals surface area contributed by atoms with Crippen LogP contribution < -0.4 is 5.32 Å². The van der Waals surface area contributed by atoms with E-state index in [2.05, 4.69) is 33.0 Å². The number of hydrogen-bond donors (Lipinski definition) is 1. The molecule has 1 saturated heterocycles. The molecule has 1 aliphatic heterocycles. The summed E-state index contributed by atoms with van der Waals surface area (Å²) in [6.07, 6.45) is 2.07. The average Bonchev–Trinajstić information content (AvgIpc) is 2.68. The Labute approximate surface area is 121 Å². The van der Waals surface area contributed by atoms with Crippen molar-refractivity contribution < 1.29 is 9.13 Å². The van der Waals surface area contributed by atoms with Crippen LogP contribution in [0.25, 0.3) is 0 Å². The van der Waals surface area contributed by atoms with Gasteiger partial charge >= 0.3 is 0 Å². The molecular weight excluding hydrogens is 253 g/mol. The fourth-order valence-electron chi connectivity index (χ4n) is 2.84. The van der Waals surface area contributed by atoms with Crippen molar-refractivity contribution in [3.05, 3.63) is 35.6 Å². The van der Waals surface area contributed by atoms with Crippen LogP contribution in [0.4, 0.5) is 4.39 Å². The fraction of sp³-hybridized carbons (Fsp3) is 0.647. The molecule has 1 aromatic carbocycles. The first-order chi connectivity index (χ1) is 9.31. The van der Waals surface area contributed by atoms with Crippen LogP contribution in [-0.4, -0.2) is 24.8 Å². The van der Waals surface area contributed by atoms with Crippen LogP contribution in [0.15, 0.2) is 24.3 Å². The van der Waals surface area contributed by atoms with Gasteiger partial charge in [-0.2, -0.15) is 0 Å². The van der Waals surface area contributed by atoms with Crippen molar-refractivity contribution in [3.63, 3.8) is 0 Å². The van der Waals surface area contributed by atoms with Gasteiger partial charge in [0, 0.05) is 24.1 Å². The zero-order valence-electron chi connectivity index (χ0n) is 13.0. The first-order valence-corrected chi connectivity index (χ1v) is 7.42. The van der Waals surface area contributed by atoms with E-state index < -0.39 is 0 Å². The number of rotatable bonds is 4. The quantitative estimate of drug-likeness (QED) is 0.910. The van der Waals surface area contributed by atoms with Crippen molar-refractivity contribution >= 4 is 0 Å². The van der Waals surface area contributed by atoms with Crippen LogP contribution in [0.2, 0.25) is 0 Å². The molecule has 0 amide bonds. The smallest absolute Gasteiger partial charge is 0.123 e. The summed E-state index contributed by atoms with van der Waals surface area (Å²) in [5.74, 6) is -0.159. The Morgan fingerprint density at radius 3 is 2.70 bits per heavy atom. The van der Waals surface area contributed by atoms with E-state index in [9.17, 15) is 4.39 Å². The van der Waals surface area contributed by atoms with Gasteiger partial charge in [-0.1, -0.05) is 12.1 Å². The van der Waals surface area contributed by atoms with Crippen LogP contribution in [0.3, 0.4) is 0 Å². The molecule has 2 atom stereocenters. The van der Waals surface area contributed by atoms with Gasteiger partial charge in [0.2, 0.25) is 0 Å². The minimum atomic E-state index is -0.159. The van der Waals surface area contributed by atoms with Gasteiger partial charge in [0.1, 0.15) is 5.82 Å². The Morgan fingerprint density at radius 2 is 2.15 bits per heavy atom. The minimum absolute atomic E-state index is 0.0566. The van der Waals surface area contributed by atoms with Crippen LogP contribution in [0.5, 0.6) is 0 Å². The molecule has 0 aliphatic carbocycles. The van der Waals surface area contributed by atoms with E-state index >= 15 is 0 Å². The molecule has 0 saturated carbocycles. The van der Waals surface area contributed by atoms with Crippen molar-refractivity contribution in [2.45, 2.75) is 52.2 Å². The highest BCUT2D eigenvalue weighted by atomic mass is 19.1. The summed E-state index contributed by atoms with van der Waals surface area (Å²) in [5.41, 5.74) is 1.19. The van der Waals surface area contributed by atoms with Crippen molar-refractivity contribution in [1.29, 1.82) is 0 Å². The fourth-order valence-corrected chi connectivity index (χ4v) is 2.84. The van der Waals surface area contributed by atoms with Gasteiger partial charge < -0.3 is 10.1 Å². The molecule has 1 N–H and O–H groups in total. The normalized spacial score (nSPS) is 26.9. The molecule has 2 nitrogen and oxygen atoms in total. The molecule has 1 fully saturated rings. The third-order valence-corrected chi connectivity index (χ3v) is 4.25. The highest BCUT2D eigenvalue weighted by Crippen LogP contribution is 2.38. The standard InChI is InChI=1S/C17H26FNO/c1-13-17(8-9-20-13,12-19-16(2,3)4)11-14-6-5-7-15(18)10-14/h5-7,10,13,19H,8-9,11-12H2,1-4H3. The maximum Gasteiger partial charge on any atom is 0.123 e. The molecule has 3 heteroatoms. The second-order valence-electron chi connectivity index (χ2n) is 7.04. The van der Waals surface area contributed by atoms with Gasteiger partial charge in [-0.3, -0.25) is 0 Å². The number of hydrogen-bond acceptors (Lipinski definition) is 2. The Hall–Kier alpha value is -0.930.